The molecular formula is C11H17NO. The van der Waals surface area contributed by atoms with Gasteiger partial charge < -0.3 is 4.42 Å². The number of allylic oxidation sites excluding steroid dienone is 2. The molecule has 0 aliphatic rings. The van der Waals surface area contributed by atoms with Crippen LogP contribution in [0.3, 0.4) is 0 Å². The lowest BCUT2D eigenvalue weighted by molar-refractivity contribution is 0.547. The second-order valence-corrected chi connectivity index (χ2v) is 2.39. The van der Waals surface area contributed by atoms with E-state index in [2.05, 4.69) is 11.6 Å². The van der Waals surface area contributed by atoms with Gasteiger partial charge in [-0.2, -0.15) is 0 Å². The molecule has 0 bridgehead atoms. The molecule has 0 saturated carbocycles. The Balaban J connectivity index is 0.000000671. The molecule has 2 nitrogen and oxygen atoms in total. The quantitative estimate of drug-likeness (QED) is 0.648. The second kappa shape index (κ2) is 6.23. The standard InChI is InChI=1S/C9H11NO.C2H6/c1-4-7(2)5-9-8(3)10-6-11-9;1-2/h4-6H,1H2,2-3H3;1-2H3/b7-5-;. The summed E-state index contributed by atoms with van der Waals surface area (Å²) in [6.45, 7) is 11.5. The van der Waals surface area contributed by atoms with Crippen molar-refractivity contribution in [3.8, 4) is 0 Å². The van der Waals surface area contributed by atoms with Gasteiger partial charge in [-0.05, 0) is 25.5 Å². The largest absolute Gasteiger partial charge is 0.444 e. The topological polar surface area (TPSA) is 26.0 Å². The first-order valence-corrected chi connectivity index (χ1v) is 4.45. The summed E-state index contributed by atoms with van der Waals surface area (Å²) in [4.78, 5) is 3.96. The zero-order valence-corrected chi connectivity index (χ0v) is 8.79. The lowest BCUT2D eigenvalue weighted by atomic mass is 10.2. The molecule has 0 atom stereocenters. The third-order valence-electron chi connectivity index (χ3n) is 1.46. The molecule has 0 aliphatic carbocycles. The van der Waals surface area contributed by atoms with Crippen LogP contribution in [0.25, 0.3) is 6.08 Å². The maximum Gasteiger partial charge on any atom is 0.181 e. The number of nitrogens with zero attached hydrogens (tertiary/aromatic N) is 1. The van der Waals surface area contributed by atoms with E-state index in [1.807, 2.05) is 33.8 Å². The molecule has 0 unspecified atom stereocenters. The molecule has 0 fully saturated rings. The average molecular weight is 179 g/mol. The van der Waals surface area contributed by atoms with Crippen LogP contribution in [0, 0.1) is 6.92 Å². The van der Waals surface area contributed by atoms with E-state index in [1.54, 1.807) is 6.08 Å². The smallest absolute Gasteiger partial charge is 0.181 e. The third-order valence-corrected chi connectivity index (χ3v) is 1.46. The zero-order chi connectivity index (χ0) is 10.3. The second-order valence-electron chi connectivity index (χ2n) is 2.39. The van der Waals surface area contributed by atoms with Crippen molar-refractivity contribution in [1.82, 2.24) is 4.98 Å². The molecular weight excluding hydrogens is 162 g/mol. The van der Waals surface area contributed by atoms with Gasteiger partial charge in [0, 0.05) is 0 Å². The van der Waals surface area contributed by atoms with Crippen molar-refractivity contribution in [2.45, 2.75) is 27.7 Å². The van der Waals surface area contributed by atoms with E-state index < -0.39 is 0 Å². The highest BCUT2D eigenvalue weighted by atomic mass is 16.3. The predicted octanol–water partition coefficient (Wildman–Crippen LogP) is 3.60. The molecule has 2 heteroatoms. The van der Waals surface area contributed by atoms with Gasteiger partial charge in [0.15, 0.2) is 6.39 Å². The number of rotatable bonds is 2. The Morgan fingerprint density at radius 1 is 1.54 bits per heavy atom. The molecule has 72 valence electrons. The van der Waals surface area contributed by atoms with Crippen LogP contribution in [-0.4, -0.2) is 4.98 Å². The first kappa shape index (κ1) is 11.7. The molecule has 0 N–H and O–H groups in total. The highest BCUT2D eigenvalue weighted by Crippen LogP contribution is 2.10. The van der Waals surface area contributed by atoms with Crippen molar-refractivity contribution in [2.75, 3.05) is 0 Å². The fourth-order valence-electron chi connectivity index (χ4n) is 0.715. The Bertz CT molecular complexity index is 284. The summed E-state index contributed by atoms with van der Waals surface area (Å²) in [5.41, 5.74) is 1.98. The molecule has 13 heavy (non-hydrogen) atoms. The van der Waals surface area contributed by atoms with Crippen LogP contribution in [0.4, 0.5) is 0 Å². The highest BCUT2D eigenvalue weighted by molar-refractivity contribution is 5.51. The summed E-state index contributed by atoms with van der Waals surface area (Å²) >= 11 is 0. The van der Waals surface area contributed by atoms with Gasteiger partial charge in [-0.15, -0.1) is 0 Å². The molecule has 1 aromatic rings. The number of oxazole rings is 1. The maximum atomic E-state index is 5.10. The fraction of sp³-hybridized carbons (Fsp3) is 0.364. The normalized spacial score (nSPS) is 10.3. The Hall–Kier alpha value is -1.31. The molecule has 0 spiro atoms. The van der Waals surface area contributed by atoms with Crippen LogP contribution in [0.1, 0.15) is 32.2 Å². The minimum atomic E-state index is 0.808. The van der Waals surface area contributed by atoms with Gasteiger partial charge in [0.2, 0.25) is 0 Å². The minimum Gasteiger partial charge on any atom is -0.444 e. The van der Waals surface area contributed by atoms with Crippen molar-refractivity contribution in [2.24, 2.45) is 0 Å². The summed E-state index contributed by atoms with van der Waals surface area (Å²) in [5, 5.41) is 0. The van der Waals surface area contributed by atoms with E-state index in [1.165, 1.54) is 6.39 Å². The van der Waals surface area contributed by atoms with Gasteiger partial charge in [-0.25, -0.2) is 4.98 Å². The van der Waals surface area contributed by atoms with Crippen molar-refractivity contribution in [3.63, 3.8) is 0 Å². The van der Waals surface area contributed by atoms with Crippen LogP contribution in [0.2, 0.25) is 0 Å². The van der Waals surface area contributed by atoms with E-state index >= 15 is 0 Å². The van der Waals surface area contributed by atoms with Crippen LogP contribution < -0.4 is 0 Å². The average Bonchev–Trinajstić information content (AvgIpc) is 2.55. The Morgan fingerprint density at radius 2 is 2.15 bits per heavy atom. The molecule has 0 radical (unpaired) electrons. The number of hydrogen-bond acceptors (Lipinski definition) is 2. The van der Waals surface area contributed by atoms with Crippen molar-refractivity contribution in [1.29, 1.82) is 0 Å². The van der Waals surface area contributed by atoms with Gasteiger partial charge in [0.25, 0.3) is 0 Å². The van der Waals surface area contributed by atoms with Crippen LogP contribution in [-0.2, 0) is 0 Å². The number of aryl methyl sites for hydroxylation is 1. The van der Waals surface area contributed by atoms with Crippen molar-refractivity contribution in [3.05, 3.63) is 36.1 Å². The molecule has 1 heterocycles. The van der Waals surface area contributed by atoms with Crippen LogP contribution in [0.5, 0.6) is 0 Å². The Kier molecular flexibility index (Phi) is 5.60. The third kappa shape index (κ3) is 3.74. The van der Waals surface area contributed by atoms with Crippen LogP contribution >= 0.6 is 0 Å². The monoisotopic (exact) mass is 179 g/mol. The lowest BCUT2D eigenvalue weighted by Gasteiger charge is -1.89. The van der Waals surface area contributed by atoms with Gasteiger partial charge in [0.05, 0.1) is 5.69 Å². The molecule has 1 rings (SSSR count). The van der Waals surface area contributed by atoms with E-state index in [0.717, 1.165) is 17.0 Å². The van der Waals surface area contributed by atoms with Crippen molar-refractivity contribution >= 4 is 6.08 Å². The van der Waals surface area contributed by atoms with Gasteiger partial charge in [0.1, 0.15) is 5.76 Å². The molecule has 0 saturated heterocycles. The fourth-order valence-corrected chi connectivity index (χ4v) is 0.715. The summed E-state index contributed by atoms with van der Waals surface area (Å²) in [6, 6.07) is 0. The van der Waals surface area contributed by atoms with E-state index in [-0.39, 0.29) is 0 Å². The number of aromatic nitrogens is 1. The van der Waals surface area contributed by atoms with Gasteiger partial charge >= 0.3 is 0 Å². The SMILES string of the molecule is C=C/C(C)=C\c1ocnc1C.CC. The molecule has 0 aromatic carbocycles. The predicted molar refractivity (Wildman–Crippen MR) is 56.4 cm³/mol. The van der Waals surface area contributed by atoms with E-state index in [9.17, 15) is 0 Å². The lowest BCUT2D eigenvalue weighted by Crippen LogP contribution is -1.74. The minimum absolute atomic E-state index is 0.808. The summed E-state index contributed by atoms with van der Waals surface area (Å²) < 4.78 is 5.10. The highest BCUT2D eigenvalue weighted by Gasteiger charge is 1.97. The molecule has 0 amide bonds. The van der Waals surface area contributed by atoms with E-state index in [0.29, 0.717) is 0 Å². The maximum absolute atomic E-state index is 5.10. The van der Waals surface area contributed by atoms with Gasteiger partial charge in [-0.1, -0.05) is 26.5 Å². The molecule has 0 aliphatic heterocycles. The Labute approximate surface area is 80.0 Å². The summed E-state index contributed by atoms with van der Waals surface area (Å²) in [6.07, 6.45) is 5.13. The molecule has 1 aromatic heterocycles. The Morgan fingerprint density at radius 3 is 2.54 bits per heavy atom. The summed E-state index contributed by atoms with van der Waals surface area (Å²) in [5.74, 6) is 0.808. The first-order valence-electron chi connectivity index (χ1n) is 4.45. The first-order chi connectivity index (χ1) is 6.24. The zero-order valence-electron chi connectivity index (χ0n) is 8.79. The van der Waals surface area contributed by atoms with Gasteiger partial charge in [-0.3, -0.25) is 0 Å². The van der Waals surface area contributed by atoms with Crippen LogP contribution in [0.15, 0.2) is 29.0 Å². The van der Waals surface area contributed by atoms with Crippen molar-refractivity contribution < 1.29 is 4.42 Å². The van der Waals surface area contributed by atoms with E-state index in [4.69, 9.17) is 4.42 Å². The number of hydrogen-bond donors (Lipinski definition) is 0. The summed E-state index contributed by atoms with van der Waals surface area (Å²) in [7, 11) is 0.